The van der Waals surface area contributed by atoms with Crippen molar-refractivity contribution < 1.29 is 4.79 Å². The molecule has 0 aromatic heterocycles. The monoisotopic (exact) mass is 336 g/mol. The van der Waals surface area contributed by atoms with E-state index in [2.05, 4.69) is 19.2 Å². The zero-order valence-electron chi connectivity index (χ0n) is 11.5. The van der Waals surface area contributed by atoms with Crippen LogP contribution >= 0.6 is 35.6 Å². The third-order valence-electron chi connectivity index (χ3n) is 3.25. The molecule has 1 aromatic rings. The van der Waals surface area contributed by atoms with Crippen molar-refractivity contribution in [1.82, 2.24) is 10.2 Å². The number of piperazine rings is 1. The number of amides is 1. The van der Waals surface area contributed by atoms with Crippen molar-refractivity contribution in [2.75, 3.05) is 13.1 Å². The highest BCUT2D eigenvalue weighted by atomic mass is 35.5. The van der Waals surface area contributed by atoms with Crippen LogP contribution in [0.15, 0.2) is 18.2 Å². The topological polar surface area (TPSA) is 32.3 Å². The Morgan fingerprint density at radius 2 is 1.85 bits per heavy atom. The average Bonchev–Trinajstić information content (AvgIpc) is 2.32. The molecule has 0 spiro atoms. The van der Waals surface area contributed by atoms with Gasteiger partial charge in [-0.15, -0.1) is 12.4 Å². The minimum Gasteiger partial charge on any atom is -0.339 e. The lowest BCUT2D eigenvalue weighted by atomic mass is 10.1. The minimum atomic E-state index is 0. The Hall–Kier alpha value is -0.480. The summed E-state index contributed by atoms with van der Waals surface area (Å²) >= 11 is 11.8. The third-order valence-corrected chi connectivity index (χ3v) is 3.99. The van der Waals surface area contributed by atoms with Crippen LogP contribution in [0, 0.1) is 0 Å². The summed E-state index contributed by atoms with van der Waals surface area (Å²) < 4.78 is 0. The number of halogens is 3. The van der Waals surface area contributed by atoms with Gasteiger partial charge in [0.2, 0.25) is 5.91 Å². The van der Waals surface area contributed by atoms with E-state index in [9.17, 15) is 4.79 Å². The van der Waals surface area contributed by atoms with Crippen LogP contribution in [0.4, 0.5) is 0 Å². The Morgan fingerprint density at radius 1 is 1.25 bits per heavy atom. The molecule has 0 saturated carbocycles. The summed E-state index contributed by atoms with van der Waals surface area (Å²) in [7, 11) is 0. The van der Waals surface area contributed by atoms with Gasteiger partial charge in [0.25, 0.3) is 0 Å². The number of nitrogens with zero attached hydrogens (tertiary/aromatic N) is 1. The first kappa shape index (κ1) is 17.6. The number of carbonyl (C=O) groups excluding carboxylic acids is 1. The van der Waals surface area contributed by atoms with Crippen LogP contribution in [-0.2, 0) is 11.2 Å². The lowest BCUT2D eigenvalue weighted by molar-refractivity contribution is -0.132. The Balaban J connectivity index is 0.00000200. The summed E-state index contributed by atoms with van der Waals surface area (Å²) in [6.07, 6.45) is 0.371. The maximum Gasteiger partial charge on any atom is 0.227 e. The van der Waals surface area contributed by atoms with Crippen LogP contribution in [0.5, 0.6) is 0 Å². The first-order chi connectivity index (χ1) is 8.95. The van der Waals surface area contributed by atoms with Gasteiger partial charge in [-0.2, -0.15) is 0 Å². The normalized spacial score (nSPS) is 22.3. The van der Waals surface area contributed by atoms with Gasteiger partial charge in [0.05, 0.1) is 16.5 Å². The predicted molar refractivity (Wildman–Crippen MR) is 86.1 cm³/mol. The summed E-state index contributed by atoms with van der Waals surface area (Å²) in [6.45, 7) is 5.69. The first-order valence-electron chi connectivity index (χ1n) is 6.43. The lowest BCUT2D eigenvalue weighted by Gasteiger charge is -2.36. The SMILES string of the molecule is CC1CN(C(=O)Cc2ccc(Cl)c(Cl)c2)CC(C)N1.Cl. The maximum atomic E-state index is 12.3. The molecule has 1 aromatic carbocycles. The fourth-order valence-corrected chi connectivity index (χ4v) is 2.79. The van der Waals surface area contributed by atoms with Crippen LogP contribution in [0.1, 0.15) is 19.4 Å². The van der Waals surface area contributed by atoms with Gasteiger partial charge in [0.15, 0.2) is 0 Å². The van der Waals surface area contributed by atoms with Crippen molar-refractivity contribution in [1.29, 1.82) is 0 Å². The summed E-state index contributed by atoms with van der Waals surface area (Å²) in [4.78, 5) is 14.2. The summed E-state index contributed by atoms with van der Waals surface area (Å²) in [5, 5.41) is 4.42. The van der Waals surface area contributed by atoms with Crippen LogP contribution in [0.3, 0.4) is 0 Å². The van der Waals surface area contributed by atoms with Crippen molar-refractivity contribution in [2.45, 2.75) is 32.4 Å². The smallest absolute Gasteiger partial charge is 0.227 e. The third kappa shape index (κ3) is 4.52. The van der Waals surface area contributed by atoms with Gasteiger partial charge in [-0.05, 0) is 31.5 Å². The predicted octanol–water partition coefficient (Wildman–Crippen LogP) is 3.17. The molecular formula is C14H19Cl3N2O. The molecule has 0 aliphatic carbocycles. The molecule has 0 radical (unpaired) electrons. The number of rotatable bonds is 2. The van der Waals surface area contributed by atoms with E-state index in [1.165, 1.54) is 0 Å². The van der Waals surface area contributed by atoms with E-state index in [1.54, 1.807) is 12.1 Å². The van der Waals surface area contributed by atoms with Crippen molar-refractivity contribution in [3.8, 4) is 0 Å². The Labute approximate surface area is 136 Å². The standard InChI is InChI=1S/C14H18Cl2N2O.ClH/c1-9-7-18(8-10(2)17-9)14(19)6-11-3-4-12(15)13(16)5-11;/h3-5,9-10,17H,6-8H2,1-2H3;1H. The molecule has 1 aliphatic rings. The molecule has 20 heavy (non-hydrogen) atoms. The highest BCUT2D eigenvalue weighted by molar-refractivity contribution is 6.42. The van der Waals surface area contributed by atoms with E-state index in [4.69, 9.17) is 23.2 Å². The maximum absolute atomic E-state index is 12.3. The molecule has 0 bridgehead atoms. The van der Waals surface area contributed by atoms with Crippen molar-refractivity contribution in [2.24, 2.45) is 0 Å². The fourth-order valence-electron chi connectivity index (χ4n) is 2.47. The molecule has 6 heteroatoms. The van der Waals surface area contributed by atoms with Gasteiger partial charge in [-0.25, -0.2) is 0 Å². The van der Waals surface area contributed by atoms with Crippen molar-refractivity contribution in [3.05, 3.63) is 33.8 Å². The van der Waals surface area contributed by atoms with Gasteiger partial charge < -0.3 is 10.2 Å². The highest BCUT2D eigenvalue weighted by Gasteiger charge is 2.24. The number of carbonyl (C=O) groups is 1. The Bertz CT molecular complexity index is 471. The molecule has 2 unspecified atom stereocenters. The quantitative estimate of drug-likeness (QED) is 0.899. The number of hydrogen-bond donors (Lipinski definition) is 1. The summed E-state index contributed by atoms with van der Waals surface area (Å²) in [6, 6.07) is 6.01. The van der Waals surface area contributed by atoms with E-state index in [0.717, 1.165) is 18.7 Å². The molecule has 1 aliphatic heterocycles. The molecule has 3 nitrogen and oxygen atoms in total. The van der Waals surface area contributed by atoms with Crippen LogP contribution in [0.25, 0.3) is 0 Å². The van der Waals surface area contributed by atoms with Crippen molar-refractivity contribution in [3.63, 3.8) is 0 Å². The van der Waals surface area contributed by atoms with Crippen LogP contribution in [0.2, 0.25) is 10.0 Å². The molecule has 2 rings (SSSR count). The van der Waals surface area contributed by atoms with Crippen molar-refractivity contribution >= 4 is 41.5 Å². The largest absolute Gasteiger partial charge is 0.339 e. The van der Waals surface area contributed by atoms with Gasteiger partial charge >= 0.3 is 0 Å². The van der Waals surface area contributed by atoms with Crippen LogP contribution in [-0.4, -0.2) is 36.0 Å². The van der Waals surface area contributed by atoms with E-state index in [-0.39, 0.29) is 18.3 Å². The van der Waals surface area contributed by atoms with E-state index in [1.807, 2.05) is 11.0 Å². The van der Waals surface area contributed by atoms with Gasteiger partial charge in [-0.1, -0.05) is 29.3 Å². The molecule has 2 atom stereocenters. The zero-order chi connectivity index (χ0) is 14.0. The average molecular weight is 338 g/mol. The molecular weight excluding hydrogens is 319 g/mol. The second kappa shape index (κ2) is 7.51. The molecule has 1 fully saturated rings. The second-order valence-electron chi connectivity index (χ2n) is 5.19. The van der Waals surface area contributed by atoms with E-state index < -0.39 is 0 Å². The highest BCUT2D eigenvalue weighted by Crippen LogP contribution is 2.23. The molecule has 112 valence electrons. The molecule has 1 heterocycles. The molecule has 1 amide bonds. The molecule has 1 saturated heterocycles. The Kier molecular flexibility index (Phi) is 6.59. The van der Waals surface area contributed by atoms with Crippen LogP contribution < -0.4 is 5.32 Å². The lowest BCUT2D eigenvalue weighted by Crippen LogP contribution is -2.56. The summed E-state index contributed by atoms with van der Waals surface area (Å²) in [5.74, 6) is 0.138. The minimum absolute atomic E-state index is 0. The fraction of sp³-hybridized carbons (Fsp3) is 0.500. The Morgan fingerprint density at radius 3 is 2.40 bits per heavy atom. The second-order valence-corrected chi connectivity index (χ2v) is 6.01. The summed E-state index contributed by atoms with van der Waals surface area (Å²) in [5.41, 5.74) is 0.901. The number of nitrogens with one attached hydrogen (secondary N) is 1. The molecule has 1 N–H and O–H groups in total. The first-order valence-corrected chi connectivity index (χ1v) is 7.19. The number of benzene rings is 1. The number of hydrogen-bond acceptors (Lipinski definition) is 2. The van der Waals surface area contributed by atoms with Gasteiger partial charge in [0, 0.05) is 25.2 Å². The van der Waals surface area contributed by atoms with E-state index in [0.29, 0.717) is 28.5 Å². The van der Waals surface area contributed by atoms with Gasteiger partial charge in [-0.3, -0.25) is 4.79 Å². The van der Waals surface area contributed by atoms with Gasteiger partial charge in [0.1, 0.15) is 0 Å². The zero-order valence-corrected chi connectivity index (χ0v) is 13.9. The van der Waals surface area contributed by atoms with E-state index >= 15 is 0 Å².